The summed E-state index contributed by atoms with van der Waals surface area (Å²) < 4.78 is 44.7. The molecule has 0 spiro atoms. The Morgan fingerprint density at radius 2 is 1.73 bits per heavy atom. The predicted octanol–water partition coefficient (Wildman–Crippen LogP) is 3.98. The monoisotopic (exact) mass is 429 g/mol. The maximum absolute atomic E-state index is 13.1. The van der Waals surface area contributed by atoms with Gasteiger partial charge < -0.3 is 10.1 Å². The van der Waals surface area contributed by atoms with E-state index in [4.69, 9.17) is 0 Å². The third-order valence-corrected chi connectivity index (χ3v) is 4.42. The van der Waals surface area contributed by atoms with Crippen molar-refractivity contribution in [3.05, 3.63) is 69.7 Å². The van der Waals surface area contributed by atoms with Gasteiger partial charge in [0.2, 0.25) is 0 Å². The van der Waals surface area contributed by atoms with E-state index in [9.17, 15) is 22.8 Å². The van der Waals surface area contributed by atoms with Gasteiger partial charge in [-0.25, -0.2) is 4.79 Å². The fraction of sp³-hybridized carbons (Fsp3) is 0.222. The van der Waals surface area contributed by atoms with Crippen molar-refractivity contribution in [2.75, 3.05) is 7.11 Å². The molecule has 26 heavy (non-hydrogen) atoms. The van der Waals surface area contributed by atoms with Crippen molar-refractivity contribution in [2.45, 2.75) is 18.6 Å². The van der Waals surface area contributed by atoms with Crippen LogP contribution in [0, 0.1) is 0 Å². The molecule has 1 atom stereocenters. The van der Waals surface area contributed by atoms with E-state index in [1.807, 2.05) is 0 Å². The minimum Gasteiger partial charge on any atom is -0.467 e. The lowest BCUT2D eigenvalue weighted by Crippen LogP contribution is -2.43. The van der Waals surface area contributed by atoms with Crippen LogP contribution in [0.1, 0.15) is 21.5 Å². The lowest BCUT2D eigenvalue weighted by atomic mass is 10.0. The standard InChI is InChI=1S/C18H15BrF3NO3/c1-26-17(25)15(10-11-6-2-5-9-14(11)19)23-16(24)12-7-3-4-8-13(12)18(20,21)22/h2-9,15H,10H2,1H3,(H,23,24)/t15-/m0/s1. The highest BCUT2D eigenvalue weighted by atomic mass is 79.9. The number of hydrogen-bond donors (Lipinski definition) is 1. The van der Waals surface area contributed by atoms with Gasteiger partial charge in [0, 0.05) is 10.9 Å². The van der Waals surface area contributed by atoms with Crippen LogP contribution in [-0.4, -0.2) is 25.0 Å². The molecule has 0 aliphatic carbocycles. The van der Waals surface area contributed by atoms with E-state index in [-0.39, 0.29) is 6.42 Å². The zero-order valence-corrected chi connectivity index (χ0v) is 15.2. The van der Waals surface area contributed by atoms with Crippen molar-refractivity contribution in [1.29, 1.82) is 0 Å². The Bertz CT molecular complexity index is 808. The van der Waals surface area contributed by atoms with Gasteiger partial charge in [-0.05, 0) is 23.8 Å². The molecule has 0 radical (unpaired) electrons. The Morgan fingerprint density at radius 3 is 2.35 bits per heavy atom. The normalized spacial score (nSPS) is 12.3. The number of esters is 1. The Labute approximate surface area is 156 Å². The molecule has 1 amide bonds. The van der Waals surface area contributed by atoms with Crippen molar-refractivity contribution in [1.82, 2.24) is 5.32 Å². The van der Waals surface area contributed by atoms with Gasteiger partial charge in [-0.15, -0.1) is 0 Å². The smallest absolute Gasteiger partial charge is 0.417 e. The average molecular weight is 430 g/mol. The first kappa shape index (κ1) is 20.0. The summed E-state index contributed by atoms with van der Waals surface area (Å²) in [7, 11) is 1.14. The molecule has 0 aromatic heterocycles. The second-order valence-electron chi connectivity index (χ2n) is 5.39. The van der Waals surface area contributed by atoms with Crippen molar-refractivity contribution in [3.8, 4) is 0 Å². The second kappa shape index (κ2) is 8.35. The van der Waals surface area contributed by atoms with E-state index in [2.05, 4.69) is 26.0 Å². The number of methoxy groups -OCH3 is 1. The number of carbonyl (C=O) groups excluding carboxylic acids is 2. The summed E-state index contributed by atoms with van der Waals surface area (Å²) in [4.78, 5) is 24.4. The second-order valence-corrected chi connectivity index (χ2v) is 6.24. The van der Waals surface area contributed by atoms with E-state index in [0.29, 0.717) is 10.0 Å². The lowest BCUT2D eigenvalue weighted by Gasteiger charge is -2.19. The molecular formula is C18H15BrF3NO3. The van der Waals surface area contributed by atoms with E-state index in [1.54, 1.807) is 24.3 Å². The Hall–Kier alpha value is -2.35. The van der Waals surface area contributed by atoms with Gasteiger partial charge in [0.1, 0.15) is 6.04 Å². The van der Waals surface area contributed by atoms with Gasteiger partial charge in [0.25, 0.3) is 5.91 Å². The van der Waals surface area contributed by atoms with Crippen molar-refractivity contribution in [2.24, 2.45) is 0 Å². The molecule has 0 heterocycles. The molecule has 2 aromatic rings. The first-order chi connectivity index (χ1) is 12.2. The number of hydrogen-bond acceptors (Lipinski definition) is 3. The summed E-state index contributed by atoms with van der Waals surface area (Å²) in [5.74, 6) is -1.75. The van der Waals surface area contributed by atoms with Crippen molar-refractivity contribution >= 4 is 27.8 Å². The Balaban J connectivity index is 2.28. The maximum atomic E-state index is 13.1. The van der Waals surface area contributed by atoms with E-state index in [1.165, 1.54) is 12.1 Å². The fourth-order valence-corrected chi connectivity index (χ4v) is 2.83. The number of ether oxygens (including phenoxy) is 1. The number of nitrogens with one attached hydrogen (secondary N) is 1. The maximum Gasteiger partial charge on any atom is 0.417 e. The highest BCUT2D eigenvalue weighted by Gasteiger charge is 2.35. The SMILES string of the molecule is COC(=O)[C@H](Cc1ccccc1Br)NC(=O)c1ccccc1C(F)(F)F. The minimum atomic E-state index is -4.68. The molecule has 0 saturated heterocycles. The molecule has 4 nitrogen and oxygen atoms in total. The van der Waals surface area contributed by atoms with Crippen LogP contribution in [-0.2, 0) is 22.1 Å². The summed E-state index contributed by atoms with van der Waals surface area (Å²) >= 11 is 3.33. The highest BCUT2D eigenvalue weighted by Crippen LogP contribution is 2.31. The number of benzene rings is 2. The summed E-state index contributed by atoms with van der Waals surface area (Å²) in [6.07, 6.45) is -4.62. The molecule has 8 heteroatoms. The molecule has 2 aromatic carbocycles. The summed E-state index contributed by atoms with van der Waals surface area (Å²) in [5.41, 5.74) is -0.921. The van der Waals surface area contributed by atoms with E-state index < -0.39 is 35.2 Å². The van der Waals surface area contributed by atoms with E-state index in [0.717, 1.165) is 19.2 Å². The van der Waals surface area contributed by atoms with Crippen LogP contribution < -0.4 is 5.32 Å². The largest absolute Gasteiger partial charge is 0.467 e. The number of alkyl halides is 3. The molecule has 2 rings (SSSR count). The van der Waals surface area contributed by atoms with Crippen molar-refractivity contribution < 1.29 is 27.5 Å². The van der Waals surface area contributed by atoms with Crippen LogP contribution >= 0.6 is 15.9 Å². The van der Waals surface area contributed by atoms with Crippen molar-refractivity contribution in [3.63, 3.8) is 0 Å². The van der Waals surface area contributed by atoms with Crippen LogP contribution in [0.15, 0.2) is 53.0 Å². The molecule has 138 valence electrons. The van der Waals surface area contributed by atoms with Crippen LogP contribution in [0.3, 0.4) is 0 Å². The van der Waals surface area contributed by atoms with Gasteiger partial charge in [-0.1, -0.05) is 46.3 Å². The summed E-state index contributed by atoms with van der Waals surface area (Å²) in [5, 5.41) is 2.34. The van der Waals surface area contributed by atoms with Gasteiger partial charge in [-0.3, -0.25) is 4.79 Å². The summed E-state index contributed by atoms with van der Waals surface area (Å²) in [6, 6.07) is 10.3. The fourth-order valence-electron chi connectivity index (χ4n) is 2.38. The molecule has 0 aliphatic heterocycles. The first-order valence-electron chi connectivity index (χ1n) is 7.52. The third kappa shape index (κ3) is 4.85. The van der Waals surface area contributed by atoms with Crippen LogP contribution in [0.25, 0.3) is 0 Å². The van der Waals surface area contributed by atoms with Gasteiger partial charge in [0.05, 0.1) is 18.2 Å². The molecular weight excluding hydrogens is 415 g/mol. The average Bonchev–Trinajstić information content (AvgIpc) is 2.61. The zero-order chi connectivity index (χ0) is 19.3. The van der Waals surface area contributed by atoms with Crippen LogP contribution in [0.5, 0.6) is 0 Å². The third-order valence-electron chi connectivity index (χ3n) is 3.65. The Morgan fingerprint density at radius 1 is 1.12 bits per heavy atom. The number of carbonyl (C=O) groups is 2. The molecule has 1 N–H and O–H groups in total. The van der Waals surface area contributed by atoms with Crippen LogP contribution in [0.4, 0.5) is 13.2 Å². The molecule has 0 aliphatic rings. The number of halogens is 4. The Kier molecular flexibility index (Phi) is 6.42. The first-order valence-corrected chi connectivity index (χ1v) is 8.31. The number of rotatable bonds is 5. The van der Waals surface area contributed by atoms with E-state index >= 15 is 0 Å². The number of amides is 1. The van der Waals surface area contributed by atoms with Gasteiger partial charge in [0.15, 0.2) is 0 Å². The summed E-state index contributed by atoms with van der Waals surface area (Å²) in [6.45, 7) is 0. The molecule has 0 saturated carbocycles. The van der Waals surface area contributed by atoms with Gasteiger partial charge in [-0.2, -0.15) is 13.2 Å². The lowest BCUT2D eigenvalue weighted by molar-refractivity contribution is -0.142. The van der Waals surface area contributed by atoms with Gasteiger partial charge >= 0.3 is 12.1 Å². The highest BCUT2D eigenvalue weighted by molar-refractivity contribution is 9.10. The molecule has 0 fully saturated rings. The van der Waals surface area contributed by atoms with Crippen LogP contribution in [0.2, 0.25) is 0 Å². The molecule has 0 unspecified atom stereocenters. The minimum absolute atomic E-state index is 0.0635. The molecule has 0 bridgehead atoms. The zero-order valence-electron chi connectivity index (χ0n) is 13.6. The quantitative estimate of drug-likeness (QED) is 0.731. The predicted molar refractivity (Wildman–Crippen MR) is 92.6 cm³/mol. The topological polar surface area (TPSA) is 55.4 Å².